The lowest BCUT2D eigenvalue weighted by atomic mass is 10.1. The number of rotatable bonds is 3. The van der Waals surface area contributed by atoms with Gasteiger partial charge < -0.3 is 0 Å². The summed E-state index contributed by atoms with van der Waals surface area (Å²) in [6.07, 6.45) is 0. The normalized spacial score (nSPS) is 12.4. The minimum atomic E-state index is -3.66. The summed E-state index contributed by atoms with van der Waals surface area (Å²) >= 11 is 0. The van der Waals surface area contributed by atoms with Gasteiger partial charge in [-0.25, -0.2) is 17.2 Å². The van der Waals surface area contributed by atoms with Crippen molar-refractivity contribution in [3.63, 3.8) is 0 Å². The highest BCUT2D eigenvalue weighted by atomic mass is 32.2. The quantitative estimate of drug-likeness (QED) is 0.859. The first kappa shape index (κ1) is 14.7. The maximum atomic E-state index is 13.1. The van der Waals surface area contributed by atoms with Gasteiger partial charge in [-0.2, -0.15) is 0 Å². The van der Waals surface area contributed by atoms with Crippen LogP contribution in [-0.4, -0.2) is 8.42 Å². The van der Waals surface area contributed by atoms with Crippen molar-refractivity contribution in [2.45, 2.75) is 29.6 Å². The monoisotopic (exact) mass is 296 g/mol. The van der Waals surface area contributed by atoms with Crippen LogP contribution in [0.3, 0.4) is 0 Å². The Morgan fingerprint density at radius 2 is 1.25 bits per heavy atom. The molecule has 20 heavy (non-hydrogen) atoms. The van der Waals surface area contributed by atoms with Gasteiger partial charge in [0.25, 0.3) is 5.92 Å². The summed E-state index contributed by atoms with van der Waals surface area (Å²) in [6.45, 7) is 2.63. The molecule has 2 aromatic rings. The minimum Gasteiger partial charge on any atom is -0.219 e. The number of alkyl halides is 2. The molecule has 0 amide bonds. The average Bonchev–Trinajstić information content (AvgIpc) is 2.38. The van der Waals surface area contributed by atoms with Crippen molar-refractivity contribution in [2.24, 2.45) is 0 Å². The van der Waals surface area contributed by atoms with Crippen LogP contribution in [0.2, 0.25) is 0 Å². The van der Waals surface area contributed by atoms with Gasteiger partial charge in [-0.05, 0) is 31.2 Å². The van der Waals surface area contributed by atoms with Gasteiger partial charge in [0.05, 0.1) is 9.79 Å². The topological polar surface area (TPSA) is 34.1 Å². The maximum absolute atomic E-state index is 13.1. The highest BCUT2D eigenvalue weighted by molar-refractivity contribution is 7.91. The molecule has 0 bridgehead atoms. The van der Waals surface area contributed by atoms with E-state index in [1.165, 1.54) is 24.3 Å². The molecular weight excluding hydrogens is 282 g/mol. The molecule has 0 saturated carbocycles. The molecule has 5 heteroatoms. The molecule has 0 heterocycles. The van der Waals surface area contributed by atoms with Gasteiger partial charge in [-0.3, -0.25) is 0 Å². The smallest absolute Gasteiger partial charge is 0.219 e. The van der Waals surface area contributed by atoms with E-state index in [4.69, 9.17) is 0 Å². The minimum absolute atomic E-state index is 0.00866. The second kappa shape index (κ2) is 4.98. The Morgan fingerprint density at radius 3 is 1.65 bits per heavy atom. The molecule has 0 aromatic heterocycles. The zero-order valence-corrected chi connectivity index (χ0v) is 11.9. The fourth-order valence-corrected chi connectivity index (χ4v) is 3.04. The van der Waals surface area contributed by atoms with Crippen molar-refractivity contribution in [2.75, 3.05) is 0 Å². The lowest BCUT2D eigenvalue weighted by molar-refractivity contribution is 0.0174. The lowest BCUT2D eigenvalue weighted by Crippen LogP contribution is -2.08. The molecule has 0 saturated heterocycles. The summed E-state index contributed by atoms with van der Waals surface area (Å²) in [4.78, 5) is 0.161. The number of sulfone groups is 1. The number of benzene rings is 2. The molecule has 0 atom stereocenters. The lowest BCUT2D eigenvalue weighted by Gasteiger charge is -2.11. The summed E-state index contributed by atoms with van der Waals surface area (Å²) in [7, 11) is -3.66. The van der Waals surface area contributed by atoms with Gasteiger partial charge in [0.2, 0.25) is 9.84 Å². The fraction of sp³-hybridized carbons (Fsp3) is 0.200. The summed E-state index contributed by atoms with van der Waals surface area (Å²) < 4.78 is 50.8. The summed E-state index contributed by atoms with van der Waals surface area (Å²) in [5, 5.41) is 0. The SMILES string of the molecule is Cc1ccc(S(=O)(=O)c2ccc(C(C)(F)F)cc2)cc1. The van der Waals surface area contributed by atoms with Crippen molar-refractivity contribution in [3.05, 3.63) is 59.7 Å². The molecule has 2 rings (SSSR count). The molecule has 106 valence electrons. The predicted octanol–water partition coefficient (Wildman–Crippen LogP) is 3.94. The number of aryl methyl sites for hydroxylation is 1. The Kier molecular flexibility index (Phi) is 3.65. The van der Waals surface area contributed by atoms with E-state index in [1.807, 2.05) is 6.92 Å². The van der Waals surface area contributed by atoms with Gasteiger partial charge in [-0.1, -0.05) is 29.8 Å². The third-order valence-corrected chi connectivity index (χ3v) is 4.79. The van der Waals surface area contributed by atoms with Crippen LogP contribution >= 0.6 is 0 Å². The zero-order valence-electron chi connectivity index (χ0n) is 11.1. The molecule has 2 aromatic carbocycles. The van der Waals surface area contributed by atoms with Crippen molar-refractivity contribution in [1.29, 1.82) is 0 Å². The van der Waals surface area contributed by atoms with Crippen LogP contribution in [0.15, 0.2) is 58.3 Å². The maximum Gasteiger partial charge on any atom is 0.270 e. The Bertz CT molecular complexity index is 697. The highest BCUT2D eigenvalue weighted by Gasteiger charge is 2.25. The molecule has 0 radical (unpaired) electrons. The van der Waals surface area contributed by atoms with Gasteiger partial charge in [0.1, 0.15) is 0 Å². The van der Waals surface area contributed by atoms with E-state index in [0.717, 1.165) is 24.6 Å². The number of hydrogen-bond donors (Lipinski definition) is 0. The van der Waals surface area contributed by atoms with E-state index in [1.54, 1.807) is 12.1 Å². The second-order valence-electron chi connectivity index (χ2n) is 4.73. The number of hydrogen-bond acceptors (Lipinski definition) is 2. The molecule has 2 nitrogen and oxygen atoms in total. The predicted molar refractivity (Wildman–Crippen MR) is 72.6 cm³/mol. The molecule has 0 aliphatic heterocycles. The van der Waals surface area contributed by atoms with Crippen LogP contribution in [0.5, 0.6) is 0 Å². The molecule has 0 spiro atoms. The second-order valence-corrected chi connectivity index (χ2v) is 6.68. The largest absolute Gasteiger partial charge is 0.270 e. The van der Waals surface area contributed by atoms with Crippen molar-refractivity contribution >= 4 is 9.84 Å². The van der Waals surface area contributed by atoms with Crippen molar-refractivity contribution in [1.82, 2.24) is 0 Å². The Balaban J connectivity index is 2.42. The molecule has 0 unspecified atom stereocenters. The fourth-order valence-electron chi connectivity index (χ4n) is 1.78. The van der Waals surface area contributed by atoms with E-state index in [9.17, 15) is 17.2 Å². The molecule has 0 aliphatic rings. The van der Waals surface area contributed by atoms with Gasteiger partial charge in [0.15, 0.2) is 0 Å². The van der Waals surface area contributed by atoms with Crippen LogP contribution in [0.1, 0.15) is 18.1 Å². The number of halogens is 2. The van der Waals surface area contributed by atoms with Crippen LogP contribution in [0.25, 0.3) is 0 Å². The first-order valence-corrected chi connectivity index (χ1v) is 7.50. The standard InChI is InChI=1S/C15H14F2O2S/c1-11-3-7-13(8-4-11)20(18,19)14-9-5-12(6-10-14)15(2,16)17/h3-10H,1-2H3. The molecule has 0 fully saturated rings. The van der Waals surface area contributed by atoms with Crippen molar-refractivity contribution < 1.29 is 17.2 Å². The van der Waals surface area contributed by atoms with E-state index in [0.29, 0.717) is 0 Å². The van der Waals surface area contributed by atoms with Gasteiger partial charge >= 0.3 is 0 Å². The first-order chi connectivity index (χ1) is 9.21. The van der Waals surface area contributed by atoms with Gasteiger partial charge in [-0.15, -0.1) is 0 Å². The summed E-state index contributed by atoms with van der Waals surface area (Å²) in [6, 6.07) is 11.1. The Hall–Kier alpha value is -1.75. The zero-order chi connectivity index (χ0) is 15.0. The van der Waals surface area contributed by atoms with Crippen LogP contribution in [-0.2, 0) is 15.8 Å². The van der Waals surface area contributed by atoms with Crippen LogP contribution in [0, 0.1) is 6.92 Å². The van der Waals surface area contributed by atoms with E-state index in [2.05, 4.69) is 0 Å². The van der Waals surface area contributed by atoms with Crippen molar-refractivity contribution in [3.8, 4) is 0 Å². The van der Waals surface area contributed by atoms with E-state index >= 15 is 0 Å². The van der Waals surface area contributed by atoms with Crippen LogP contribution < -0.4 is 0 Å². The molecule has 0 N–H and O–H groups in total. The van der Waals surface area contributed by atoms with Crippen LogP contribution in [0.4, 0.5) is 8.78 Å². The summed E-state index contributed by atoms with van der Waals surface area (Å²) in [5.74, 6) is -2.98. The molecular formula is C15H14F2O2S. The average molecular weight is 296 g/mol. The first-order valence-electron chi connectivity index (χ1n) is 6.01. The van der Waals surface area contributed by atoms with E-state index < -0.39 is 15.8 Å². The molecule has 0 aliphatic carbocycles. The Labute approximate surface area is 117 Å². The highest BCUT2D eigenvalue weighted by Crippen LogP contribution is 2.29. The third-order valence-electron chi connectivity index (χ3n) is 3.00. The Morgan fingerprint density at radius 1 is 0.850 bits per heavy atom. The third kappa shape index (κ3) is 2.88. The van der Waals surface area contributed by atoms with E-state index in [-0.39, 0.29) is 15.4 Å². The van der Waals surface area contributed by atoms with Gasteiger partial charge in [0, 0.05) is 12.5 Å². The summed E-state index contributed by atoms with van der Waals surface area (Å²) in [5.41, 5.74) is 0.741.